The third kappa shape index (κ3) is 5.12. The number of nitrogens with zero attached hydrogens (tertiary/aromatic N) is 1. The molecule has 1 amide bonds. The first-order valence-corrected chi connectivity index (χ1v) is 7.47. The molecule has 2 rings (SSSR count). The Balaban J connectivity index is 0.00000264. The predicted molar refractivity (Wildman–Crippen MR) is 97.2 cm³/mol. The molecule has 0 spiro atoms. The summed E-state index contributed by atoms with van der Waals surface area (Å²) in [6.45, 7) is 5.27. The van der Waals surface area contributed by atoms with Crippen LogP contribution in [0, 0.1) is 5.41 Å². The Labute approximate surface area is 144 Å². The maximum absolute atomic E-state index is 12.2. The van der Waals surface area contributed by atoms with E-state index >= 15 is 0 Å². The molecule has 23 heavy (non-hydrogen) atoms. The monoisotopic (exact) mass is 336 g/mol. The van der Waals surface area contributed by atoms with E-state index in [4.69, 9.17) is 10.5 Å². The van der Waals surface area contributed by atoms with Crippen molar-refractivity contribution in [3.63, 3.8) is 0 Å². The number of carbonyl (C=O) groups excluding carboxylic acids is 1. The molecule has 0 heterocycles. The fraction of sp³-hybridized carbons (Fsp3) is 0.389. The fourth-order valence-electron chi connectivity index (χ4n) is 2.37. The molecule has 0 saturated carbocycles. The second kappa shape index (κ2) is 8.18. The molecule has 0 fully saturated rings. The first kappa shape index (κ1) is 19.3. The van der Waals surface area contributed by atoms with E-state index in [0.717, 1.165) is 16.5 Å². The van der Waals surface area contributed by atoms with E-state index < -0.39 is 0 Å². The number of rotatable bonds is 6. The minimum Gasteiger partial charge on any atom is -0.483 e. The molecule has 0 aliphatic carbocycles. The van der Waals surface area contributed by atoms with Crippen LogP contribution >= 0.6 is 12.4 Å². The summed E-state index contributed by atoms with van der Waals surface area (Å²) in [5, 5.41) is 2.12. The lowest BCUT2D eigenvalue weighted by Gasteiger charge is -2.29. The topological polar surface area (TPSA) is 55.6 Å². The minimum atomic E-state index is -0.0934. The number of halogens is 1. The van der Waals surface area contributed by atoms with Crippen LogP contribution in [0.3, 0.4) is 0 Å². The average molecular weight is 337 g/mol. The molecule has 0 atom stereocenters. The van der Waals surface area contributed by atoms with Gasteiger partial charge >= 0.3 is 0 Å². The zero-order chi connectivity index (χ0) is 16.2. The van der Waals surface area contributed by atoms with E-state index in [9.17, 15) is 4.79 Å². The van der Waals surface area contributed by atoms with Crippen molar-refractivity contribution in [1.29, 1.82) is 0 Å². The van der Waals surface area contributed by atoms with Crippen LogP contribution in [0.25, 0.3) is 10.8 Å². The summed E-state index contributed by atoms with van der Waals surface area (Å²) >= 11 is 0. The molecule has 0 radical (unpaired) electrons. The van der Waals surface area contributed by atoms with Crippen LogP contribution in [0.4, 0.5) is 0 Å². The van der Waals surface area contributed by atoms with Gasteiger partial charge in [0, 0.05) is 19.0 Å². The van der Waals surface area contributed by atoms with Crippen molar-refractivity contribution in [1.82, 2.24) is 4.90 Å². The number of amides is 1. The van der Waals surface area contributed by atoms with Crippen LogP contribution in [0.15, 0.2) is 42.5 Å². The average Bonchev–Trinajstić information content (AvgIpc) is 2.52. The van der Waals surface area contributed by atoms with Gasteiger partial charge in [-0.1, -0.05) is 50.2 Å². The van der Waals surface area contributed by atoms with Crippen LogP contribution in [0.5, 0.6) is 5.75 Å². The molecule has 2 aromatic carbocycles. The number of nitrogens with two attached hydrogens (primary N) is 1. The van der Waals surface area contributed by atoms with Gasteiger partial charge in [-0.3, -0.25) is 4.79 Å². The van der Waals surface area contributed by atoms with Crippen LogP contribution in [0.2, 0.25) is 0 Å². The highest BCUT2D eigenvalue weighted by Gasteiger charge is 2.21. The van der Waals surface area contributed by atoms with E-state index in [1.165, 1.54) is 0 Å². The summed E-state index contributed by atoms with van der Waals surface area (Å²) in [4.78, 5) is 13.9. The number of benzene rings is 2. The number of hydrogen-bond donors (Lipinski definition) is 1. The highest BCUT2D eigenvalue weighted by Crippen LogP contribution is 2.25. The Kier molecular flexibility index (Phi) is 6.85. The summed E-state index contributed by atoms with van der Waals surface area (Å²) in [6.07, 6.45) is 0. The molecule has 2 aromatic rings. The SMILES string of the molecule is CN(CC(C)(C)CN)C(=O)COc1cccc2ccccc12.Cl. The molecule has 0 bridgehead atoms. The van der Waals surface area contributed by atoms with Gasteiger partial charge in [-0.15, -0.1) is 12.4 Å². The smallest absolute Gasteiger partial charge is 0.260 e. The summed E-state index contributed by atoms with van der Waals surface area (Å²) in [5.74, 6) is 0.687. The Morgan fingerprint density at radius 2 is 1.83 bits per heavy atom. The number of ether oxygens (including phenoxy) is 1. The molecule has 0 unspecified atom stereocenters. The van der Waals surface area contributed by atoms with Gasteiger partial charge in [0.25, 0.3) is 5.91 Å². The molecular weight excluding hydrogens is 312 g/mol. The molecule has 5 heteroatoms. The standard InChI is InChI=1S/C18H24N2O2.ClH/c1-18(2,12-19)13-20(3)17(21)11-22-16-10-6-8-14-7-4-5-9-15(14)16;/h4-10H,11-13,19H2,1-3H3;1H. The summed E-state index contributed by atoms with van der Waals surface area (Å²) in [6, 6.07) is 13.8. The van der Waals surface area contributed by atoms with Gasteiger partial charge in [0.15, 0.2) is 6.61 Å². The largest absolute Gasteiger partial charge is 0.483 e. The lowest BCUT2D eigenvalue weighted by Crippen LogP contribution is -2.41. The molecule has 0 aliphatic rings. The summed E-state index contributed by atoms with van der Waals surface area (Å²) in [5.41, 5.74) is 5.62. The van der Waals surface area contributed by atoms with Gasteiger partial charge < -0.3 is 15.4 Å². The molecule has 4 nitrogen and oxygen atoms in total. The Hall–Kier alpha value is -1.78. The number of fused-ring (bicyclic) bond motifs is 1. The van der Waals surface area contributed by atoms with E-state index in [-0.39, 0.29) is 30.3 Å². The third-order valence-corrected chi connectivity index (χ3v) is 3.74. The number of likely N-dealkylation sites (N-methyl/N-ethyl adjacent to an activating group) is 1. The second-order valence-electron chi connectivity index (χ2n) is 6.38. The van der Waals surface area contributed by atoms with E-state index in [0.29, 0.717) is 13.1 Å². The van der Waals surface area contributed by atoms with Gasteiger partial charge in [-0.25, -0.2) is 0 Å². The molecule has 0 saturated heterocycles. The zero-order valence-electron chi connectivity index (χ0n) is 13.9. The van der Waals surface area contributed by atoms with Crippen LogP contribution < -0.4 is 10.5 Å². The molecule has 0 aliphatic heterocycles. The van der Waals surface area contributed by atoms with Crippen molar-refractivity contribution >= 4 is 29.1 Å². The first-order chi connectivity index (χ1) is 10.4. The summed E-state index contributed by atoms with van der Waals surface area (Å²) < 4.78 is 5.73. The van der Waals surface area contributed by atoms with Crippen molar-refractivity contribution < 1.29 is 9.53 Å². The fourth-order valence-corrected chi connectivity index (χ4v) is 2.37. The Bertz CT molecular complexity index is 653. The lowest BCUT2D eigenvalue weighted by atomic mass is 9.93. The first-order valence-electron chi connectivity index (χ1n) is 7.47. The van der Waals surface area contributed by atoms with E-state index in [1.54, 1.807) is 11.9 Å². The van der Waals surface area contributed by atoms with Crippen molar-refractivity contribution in [3.05, 3.63) is 42.5 Å². The van der Waals surface area contributed by atoms with Crippen molar-refractivity contribution in [3.8, 4) is 5.75 Å². The minimum absolute atomic E-state index is 0. The van der Waals surface area contributed by atoms with E-state index in [2.05, 4.69) is 0 Å². The lowest BCUT2D eigenvalue weighted by molar-refractivity contribution is -0.133. The quantitative estimate of drug-likeness (QED) is 0.882. The van der Waals surface area contributed by atoms with E-state index in [1.807, 2.05) is 56.3 Å². The van der Waals surface area contributed by atoms with Gasteiger partial charge in [-0.2, -0.15) is 0 Å². The predicted octanol–water partition coefficient (Wildman–Crippen LogP) is 3.08. The van der Waals surface area contributed by atoms with Crippen molar-refractivity contribution in [2.24, 2.45) is 11.1 Å². The maximum atomic E-state index is 12.2. The Morgan fingerprint density at radius 3 is 2.52 bits per heavy atom. The van der Waals surface area contributed by atoms with Gasteiger partial charge in [0.2, 0.25) is 0 Å². The highest BCUT2D eigenvalue weighted by atomic mass is 35.5. The van der Waals surface area contributed by atoms with Gasteiger partial charge in [-0.05, 0) is 23.4 Å². The normalized spacial score (nSPS) is 11.0. The molecule has 0 aromatic heterocycles. The molecule has 2 N–H and O–H groups in total. The molecular formula is C18H25ClN2O2. The van der Waals surface area contributed by atoms with Gasteiger partial charge in [0.05, 0.1) is 0 Å². The maximum Gasteiger partial charge on any atom is 0.260 e. The van der Waals surface area contributed by atoms with Crippen LogP contribution in [0.1, 0.15) is 13.8 Å². The Morgan fingerprint density at radius 1 is 1.17 bits per heavy atom. The number of hydrogen-bond acceptors (Lipinski definition) is 3. The molecule has 126 valence electrons. The summed E-state index contributed by atoms with van der Waals surface area (Å²) in [7, 11) is 1.78. The highest BCUT2D eigenvalue weighted by molar-refractivity contribution is 5.88. The third-order valence-electron chi connectivity index (χ3n) is 3.74. The second-order valence-corrected chi connectivity index (χ2v) is 6.38. The van der Waals surface area contributed by atoms with Crippen LogP contribution in [-0.4, -0.2) is 37.6 Å². The zero-order valence-corrected chi connectivity index (χ0v) is 14.7. The van der Waals surface area contributed by atoms with Gasteiger partial charge in [0.1, 0.15) is 5.75 Å². The number of carbonyl (C=O) groups is 1. The van der Waals surface area contributed by atoms with Crippen molar-refractivity contribution in [2.45, 2.75) is 13.8 Å². The van der Waals surface area contributed by atoms with Crippen LogP contribution in [-0.2, 0) is 4.79 Å². The van der Waals surface area contributed by atoms with Crippen molar-refractivity contribution in [2.75, 3.05) is 26.7 Å².